The summed E-state index contributed by atoms with van der Waals surface area (Å²) in [7, 11) is 9.16. The maximum absolute atomic E-state index is 2.39. The van der Waals surface area contributed by atoms with E-state index in [1.807, 2.05) is 0 Å². The number of halogens is 5. The summed E-state index contributed by atoms with van der Waals surface area (Å²) in [6, 6.07) is 0. The molecule has 0 N–H and O–H groups in total. The Morgan fingerprint density at radius 2 is 1.15 bits per heavy atom. The molecular formula is C13H40Br2I3N2-. The normalized spacial score (nSPS) is 9.80. The van der Waals surface area contributed by atoms with Crippen LogP contribution >= 0.6 is 37.2 Å². The van der Waals surface area contributed by atoms with Crippen molar-refractivity contribution >= 4 is 37.2 Å². The average Bonchev–Trinajstić information content (AvgIpc) is 2.17. The van der Waals surface area contributed by atoms with Gasteiger partial charge < -0.3 is 42.9 Å². The third-order valence-corrected chi connectivity index (χ3v) is 3.05. The number of hydrogen-bond donors (Lipinski definition) is 0. The Balaban J connectivity index is -0.0000000336. The minimum Gasteiger partial charge on any atom is -1.00 e. The fourth-order valence-corrected chi connectivity index (χ4v) is 1.47. The Hall–Kier alpha value is 3.07. The molecule has 0 rings (SSSR count). The van der Waals surface area contributed by atoms with Crippen molar-refractivity contribution in [1.29, 1.82) is 0 Å². The van der Waals surface area contributed by atoms with Crippen LogP contribution in [0.3, 0.4) is 0 Å². The first kappa shape index (κ1) is 38.6. The van der Waals surface area contributed by atoms with Gasteiger partial charge in [0.1, 0.15) is 0 Å². The molecule has 0 radical (unpaired) electrons. The Morgan fingerprint density at radius 1 is 0.850 bits per heavy atom. The van der Waals surface area contributed by atoms with Crippen molar-refractivity contribution in [2.24, 2.45) is 0 Å². The molecule has 7 heteroatoms. The minimum absolute atomic E-state index is 0. The molecule has 0 aliphatic heterocycles. The average molecular weight is 765 g/mol. The van der Waals surface area contributed by atoms with E-state index in [1.165, 1.54) is 37.1 Å². The molecule has 0 amide bonds. The van der Waals surface area contributed by atoms with E-state index in [-0.39, 0.29) is 51.7 Å². The minimum atomic E-state index is 0. The Bertz CT molecular complexity index is 174. The van der Waals surface area contributed by atoms with Crippen LogP contribution in [-0.2, 0) is 0 Å². The summed E-state index contributed by atoms with van der Waals surface area (Å²) in [6.07, 6.45) is 1.34. The zero-order valence-electron chi connectivity index (χ0n) is 12.3. The molecule has 0 spiro atoms. The van der Waals surface area contributed by atoms with Gasteiger partial charge in [-0.3, -0.25) is 0 Å². The Labute approximate surface area is 183 Å². The molecule has 0 bridgehead atoms. The maximum atomic E-state index is 2.39. The molecule has 0 fully saturated rings. The van der Waals surface area contributed by atoms with Gasteiger partial charge in [0.2, 0.25) is 0 Å². The second-order valence-corrected chi connectivity index (χ2v) is 21.6. The van der Waals surface area contributed by atoms with Crippen LogP contribution < -0.4 is 47.2 Å². The molecule has 0 aromatic rings. The van der Waals surface area contributed by atoms with Crippen LogP contribution in [0.1, 0.15) is 38.0 Å². The van der Waals surface area contributed by atoms with E-state index in [1.54, 1.807) is 0 Å². The predicted molar refractivity (Wildman–Crippen MR) is 105 cm³/mol. The van der Waals surface area contributed by atoms with E-state index >= 15 is 0 Å². The molecule has 0 aromatic carbocycles. The number of rotatable bonds is 6. The van der Waals surface area contributed by atoms with Gasteiger partial charge in [-0.2, -0.15) is 0 Å². The van der Waals surface area contributed by atoms with Crippen molar-refractivity contribution in [3.8, 4) is 0 Å². The molecule has 0 unspecified atom stereocenters. The molecule has 0 heterocycles. The molecule has 0 atom stereocenters. The first-order chi connectivity index (χ1) is 7.24. The fourth-order valence-electron chi connectivity index (χ4n) is 1.47. The third kappa shape index (κ3) is 29.1. The van der Waals surface area contributed by atoms with Crippen LogP contribution in [-0.4, -0.2) is 63.3 Å². The van der Waals surface area contributed by atoms with Crippen molar-refractivity contribution in [3.05, 3.63) is 0 Å². The van der Waals surface area contributed by atoms with Gasteiger partial charge in [-0.1, -0.05) is 14.9 Å². The van der Waals surface area contributed by atoms with Crippen molar-refractivity contribution in [2.45, 2.75) is 35.1 Å². The summed E-state index contributed by atoms with van der Waals surface area (Å²) in [5, 5.41) is 0. The largest absolute Gasteiger partial charge is 1.00 e. The van der Waals surface area contributed by atoms with Gasteiger partial charge in [0.15, 0.2) is 0 Å². The number of quaternary nitrogens is 2. The smallest absolute Gasteiger partial charge is 0 e. The molecule has 20 heavy (non-hydrogen) atoms. The van der Waals surface area contributed by atoms with E-state index in [0.717, 1.165) is 4.48 Å². The topological polar surface area (TPSA) is 0 Å². The fraction of sp³-hybridized carbons (Fsp3) is 1.00. The summed E-state index contributed by atoms with van der Waals surface area (Å²) < 4.78 is 2.31. The molecule has 2 nitrogen and oxygen atoms in total. The zero-order chi connectivity index (χ0) is 13.2. The summed E-state index contributed by atoms with van der Waals surface area (Å²) in [4.78, 5) is 0. The molecule has 0 saturated carbocycles. The van der Waals surface area contributed by atoms with Gasteiger partial charge in [-0.25, -0.2) is 0 Å². The molecule has 0 aliphatic rings. The first-order valence-corrected chi connectivity index (χ1v) is 18.3. The number of nitrogens with zero attached hydrogens (tertiary/aromatic N) is 2. The second kappa shape index (κ2) is 22.1. The number of hydrogen-bond acceptors (Lipinski definition) is 0. The van der Waals surface area contributed by atoms with Crippen molar-refractivity contribution < 1.29 is 59.0 Å². The molecule has 0 aromatic heterocycles. The van der Waals surface area contributed by atoms with E-state index < -0.39 is 0 Å². The van der Waals surface area contributed by atoms with Crippen LogP contribution in [0.25, 0.3) is 0 Å². The summed E-state index contributed by atoms with van der Waals surface area (Å²) in [6.45, 7) is 9.70. The maximum Gasteiger partial charge on any atom is 0 e. The van der Waals surface area contributed by atoms with Gasteiger partial charge in [0.05, 0.1) is 54.4 Å². The Morgan fingerprint density at radius 3 is 1.35 bits per heavy atom. The van der Waals surface area contributed by atoms with Crippen molar-refractivity contribution in [1.82, 2.24) is 0 Å². The summed E-state index contributed by atoms with van der Waals surface area (Å²) in [5.74, 6) is 0. The molecule has 0 aliphatic carbocycles. The predicted octanol–water partition coefficient (Wildman–Crippen LogP) is -3.88. The van der Waals surface area contributed by atoms with E-state index in [2.05, 4.69) is 79.3 Å². The SMILES string of the molecule is C.C.CC[N+](C)(CC)CCC[N+](C)(C)C.I[I-]I.[Br-].[Br-].[HH].[HH]. The third-order valence-electron chi connectivity index (χ3n) is 3.05. The quantitative estimate of drug-likeness (QED) is 0.192. The van der Waals surface area contributed by atoms with Crippen LogP contribution in [0.15, 0.2) is 0 Å². The molecular weight excluding hydrogens is 725 g/mol. The van der Waals surface area contributed by atoms with Gasteiger partial charge >= 0.3 is 50.5 Å². The van der Waals surface area contributed by atoms with E-state index in [0.29, 0.717) is 13.3 Å². The van der Waals surface area contributed by atoms with Crippen molar-refractivity contribution in [2.75, 3.05) is 54.4 Å². The molecule has 138 valence electrons. The standard InChI is InChI=1S/C11H28N2.2CH4.2BrH.I3.2H2/c1-7-13(6,8-2)11-9-10-12(3,4)5;;;;;1-3-2;;/h7-11H2,1-6H3;2*1H4;2*1H;;2*1H/q+2;;;;;-1;;/p-2. The van der Waals surface area contributed by atoms with E-state index in [4.69, 9.17) is 0 Å². The van der Waals surface area contributed by atoms with Crippen molar-refractivity contribution in [3.63, 3.8) is 0 Å². The summed E-state index contributed by atoms with van der Waals surface area (Å²) in [5.41, 5.74) is 0. The molecule has 0 saturated heterocycles. The van der Waals surface area contributed by atoms with Gasteiger partial charge in [0, 0.05) is 9.27 Å². The first-order valence-electron chi connectivity index (χ1n) is 5.75. The second-order valence-electron chi connectivity index (χ2n) is 5.40. The van der Waals surface area contributed by atoms with Crippen LogP contribution in [0.5, 0.6) is 0 Å². The van der Waals surface area contributed by atoms with Gasteiger partial charge in [-0.15, -0.1) is 0 Å². The van der Waals surface area contributed by atoms with Gasteiger partial charge in [-0.05, 0) is 13.8 Å². The zero-order valence-corrected chi connectivity index (χ0v) is 22.0. The van der Waals surface area contributed by atoms with E-state index in [9.17, 15) is 0 Å². The van der Waals surface area contributed by atoms with Crippen LogP contribution in [0.4, 0.5) is 0 Å². The van der Waals surface area contributed by atoms with Gasteiger partial charge in [0.25, 0.3) is 0 Å². The van der Waals surface area contributed by atoms with Crippen LogP contribution in [0, 0.1) is 0 Å². The monoisotopic (exact) mass is 763 g/mol. The summed E-state index contributed by atoms with van der Waals surface area (Å²) >= 11 is 5.30. The Kier molecular flexibility index (Phi) is 42.6. The van der Waals surface area contributed by atoms with Crippen LogP contribution in [0.2, 0.25) is 0 Å².